The van der Waals surface area contributed by atoms with E-state index >= 15 is 0 Å². The summed E-state index contributed by atoms with van der Waals surface area (Å²) >= 11 is 0. The average molecular weight is 167 g/mol. The summed E-state index contributed by atoms with van der Waals surface area (Å²) < 4.78 is 0. The standard InChI is InChI=1S/C11H21N/c1-6-10(8(2)3)7-11(12)9(4)5/h6-9H,12H2,1-5H3/b10-6+,11-7-. The number of allylic oxidation sites excluding steroid dienone is 4. The minimum Gasteiger partial charge on any atom is -0.402 e. The lowest BCUT2D eigenvalue weighted by Crippen LogP contribution is -2.06. The van der Waals surface area contributed by atoms with Gasteiger partial charge in [0.25, 0.3) is 0 Å². The zero-order chi connectivity index (χ0) is 9.72. The van der Waals surface area contributed by atoms with Crippen LogP contribution in [-0.4, -0.2) is 0 Å². The van der Waals surface area contributed by atoms with Crippen LogP contribution in [0, 0.1) is 11.8 Å². The molecule has 0 aliphatic heterocycles. The fourth-order valence-electron chi connectivity index (χ4n) is 0.942. The van der Waals surface area contributed by atoms with Crippen molar-refractivity contribution in [2.75, 3.05) is 0 Å². The summed E-state index contributed by atoms with van der Waals surface area (Å²) in [6.45, 7) is 10.6. The molecule has 0 aliphatic carbocycles. The van der Waals surface area contributed by atoms with E-state index < -0.39 is 0 Å². The van der Waals surface area contributed by atoms with E-state index in [4.69, 9.17) is 5.73 Å². The summed E-state index contributed by atoms with van der Waals surface area (Å²) in [6, 6.07) is 0. The molecule has 0 aromatic heterocycles. The Morgan fingerprint density at radius 1 is 1.08 bits per heavy atom. The summed E-state index contributed by atoms with van der Waals surface area (Å²) in [5.41, 5.74) is 8.14. The van der Waals surface area contributed by atoms with Gasteiger partial charge in [-0.05, 0) is 30.4 Å². The molecule has 1 nitrogen and oxygen atoms in total. The smallest absolute Gasteiger partial charge is 0.0109 e. The third-order valence-corrected chi connectivity index (χ3v) is 2.00. The summed E-state index contributed by atoms with van der Waals surface area (Å²) in [5, 5.41) is 0. The van der Waals surface area contributed by atoms with Crippen molar-refractivity contribution in [1.82, 2.24) is 0 Å². The zero-order valence-corrected chi connectivity index (χ0v) is 8.89. The van der Waals surface area contributed by atoms with Gasteiger partial charge in [0, 0.05) is 5.70 Å². The van der Waals surface area contributed by atoms with E-state index in [0.29, 0.717) is 11.8 Å². The van der Waals surface area contributed by atoms with Crippen LogP contribution in [0.4, 0.5) is 0 Å². The number of nitrogens with two attached hydrogens (primary N) is 1. The molecular weight excluding hydrogens is 146 g/mol. The first-order valence-corrected chi connectivity index (χ1v) is 4.62. The van der Waals surface area contributed by atoms with E-state index in [2.05, 4.69) is 46.8 Å². The molecular formula is C11H21N. The summed E-state index contributed by atoms with van der Waals surface area (Å²) in [5.74, 6) is 1.01. The van der Waals surface area contributed by atoms with E-state index in [1.165, 1.54) is 5.57 Å². The van der Waals surface area contributed by atoms with E-state index in [1.807, 2.05) is 0 Å². The first-order valence-electron chi connectivity index (χ1n) is 4.62. The molecule has 0 saturated heterocycles. The Bertz CT molecular complexity index is 185. The van der Waals surface area contributed by atoms with Crippen LogP contribution in [0.5, 0.6) is 0 Å². The predicted molar refractivity (Wildman–Crippen MR) is 55.7 cm³/mol. The Morgan fingerprint density at radius 2 is 1.58 bits per heavy atom. The van der Waals surface area contributed by atoms with Crippen LogP contribution in [0.3, 0.4) is 0 Å². The van der Waals surface area contributed by atoms with Crippen LogP contribution in [0.15, 0.2) is 23.4 Å². The minimum absolute atomic E-state index is 0.443. The molecule has 0 amide bonds. The van der Waals surface area contributed by atoms with Gasteiger partial charge in [-0.1, -0.05) is 33.8 Å². The molecule has 0 saturated carbocycles. The van der Waals surface area contributed by atoms with Crippen LogP contribution in [0.2, 0.25) is 0 Å². The van der Waals surface area contributed by atoms with Gasteiger partial charge in [0.2, 0.25) is 0 Å². The van der Waals surface area contributed by atoms with E-state index in [9.17, 15) is 0 Å². The Kier molecular flexibility index (Phi) is 4.72. The van der Waals surface area contributed by atoms with Gasteiger partial charge in [-0.2, -0.15) is 0 Å². The SMILES string of the molecule is C/C=C(\C=C(/N)C(C)C)C(C)C. The zero-order valence-electron chi connectivity index (χ0n) is 8.89. The molecule has 70 valence electrons. The van der Waals surface area contributed by atoms with Gasteiger partial charge in [-0.15, -0.1) is 0 Å². The molecule has 0 aromatic carbocycles. The third-order valence-electron chi connectivity index (χ3n) is 2.00. The van der Waals surface area contributed by atoms with Crippen molar-refractivity contribution < 1.29 is 0 Å². The normalized spacial score (nSPS) is 14.6. The van der Waals surface area contributed by atoms with Gasteiger partial charge < -0.3 is 5.73 Å². The molecule has 1 heteroatoms. The topological polar surface area (TPSA) is 26.0 Å². The molecule has 0 aliphatic rings. The maximum absolute atomic E-state index is 5.85. The third kappa shape index (κ3) is 3.61. The molecule has 0 fully saturated rings. The summed E-state index contributed by atoms with van der Waals surface area (Å²) in [7, 11) is 0. The molecule has 0 rings (SSSR count). The van der Waals surface area contributed by atoms with Crippen molar-refractivity contribution in [3.63, 3.8) is 0 Å². The monoisotopic (exact) mass is 167 g/mol. The second-order valence-corrected chi connectivity index (χ2v) is 3.74. The lowest BCUT2D eigenvalue weighted by molar-refractivity contribution is 0.739. The largest absolute Gasteiger partial charge is 0.402 e. The van der Waals surface area contributed by atoms with E-state index in [0.717, 1.165) is 5.70 Å². The van der Waals surface area contributed by atoms with Gasteiger partial charge in [0.1, 0.15) is 0 Å². The molecule has 0 atom stereocenters. The maximum atomic E-state index is 5.85. The van der Waals surface area contributed by atoms with Crippen LogP contribution >= 0.6 is 0 Å². The first kappa shape index (κ1) is 11.3. The van der Waals surface area contributed by atoms with Gasteiger partial charge in [0.15, 0.2) is 0 Å². The number of hydrogen-bond donors (Lipinski definition) is 1. The number of rotatable bonds is 3. The highest BCUT2D eigenvalue weighted by Crippen LogP contribution is 2.14. The van der Waals surface area contributed by atoms with Crippen molar-refractivity contribution in [2.24, 2.45) is 17.6 Å². The van der Waals surface area contributed by atoms with Crippen LogP contribution in [0.1, 0.15) is 34.6 Å². The second kappa shape index (κ2) is 5.02. The Morgan fingerprint density at radius 3 is 1.83 bits per heavy atom. The van der Waals surface area contributed by atoms with Crippen molar-refractivity contribution in [3.8, 4) is 0 Å². The quantitative estimate of drug-likeness (QED) is 0.642. The minimum atomic E-state index is 0.443. The van der Waals surface area contributed by atoms with Gasteiger partial charge in [-0.25, -0.2) is 0 Å². The molecule has 2 N–H and O–H groups in total. The molecule has 12 heavy (non-hydrogen) atoms. The average Bonchev–Trinajstić information content (AvgIpc) is 1.98. The van der Waals surface area contributed by atoms with Gasteiger partial charge in [0.05, 0.1) is 0 Å². The Labute approximate surface area is 76.3 Å². The van der Waals surface area contributed by atoms with Crippen molar-refractivity contribution >= 4 is 0 Å². The highest BCUT2D eigenvalue weighted by Gasteiger charge is 2.01. The second-order valence-electron chi connectivity index (χ2n) is 3.74. The number of hydrogen-bond acceptors (Lipinski definition) is 1. The fraction of sp³-hybridized carbons (Fsp3) is 0.636. The van der Waals surface area contributed by atoms with Gasteiger partial charge in [-0.3, -0.25) is 0 Å². The molecule has 0 bridgehead atoms. The van der Waals surface area contributed by atoms with Crippen LogP contribution in [-0.2, 0) is 0 Å². The highest BCUT2D eigenvalue weighted by atomic mass is 14.6. The first-order chi connectivity index (χ1) is 5.49. The van der Waals surface area contributed by atoms with Crippen molar-refractivity contribution in [2.45, 2.75) is 34.6 Å². The molecule has 0 heterocycles. The molecule has 0 radical (unpaired) electrons. The molecule has 0 unspecified atom stereocenters. The van der Waals surface area contributed by atoms with E-state index in [-0.39, 0.29) is 0 Å². The molecule has 0 aromatic rings. The predicted octanol–water partition coefficient (Wildman–Crippen LogP) is 3.09. The summed E-state index contributed by atoms with van der Waals surface area (Å²) in [4.78, 5) is 0. The lowest BCUT2D eigenvalue weighted by Gasteiger charge is -2.10. The highest BCUT2D eigenvalue weighted by molar-refractivity contribution is 5.24. The fourth-order valence-corrected chi connectivity index (χ4v) is 0.942. The van der Waals surface area contributed by atoms with E-state index in [1.54, 1.807) is 0 Å². The van der Waals surface area contributed by atoms with Crippen molar-refractivity contribution in [3.05, 3.63) is 23.4 Å². The van der Waals surface area contributed by atoms with Crippen LogP contribution < -0.4 is 5.73 Å². The Hall–Kier alpha value is -0.720. The van der Waals surface area contributed by atoms with Crippen molar-refractivity contribution in [1.29, 1.82) is 0 Å². The van der Waals surface area contributed by atoms with Crippen LogP contribution in [0.25, 0.3) is 0 Å². The maximum Gasteiger partial charge on any atom is 0.0109 e. The Balaban J connectivity index is 4.49. The lowest BCUT2D eigenvalue weighted by atomic mass is 9.99. The van der Waals surface area contributed by atoms with Gasteiger partial charge >= 0.3 is 0 Å². The molecule has 0 spiro atoms. The summed E-state index contributed by atoms with van der Waals surface area (Å²) in [6.07, 6.45) is 4.22.